The van der Waals surface area contributed by atoms with Crippen molar-refractivity contribution in [3.05, 3.63) is 29.6 Å². The molecule has 3 rings (SSSR count). The number of para-hydroxylation sites is 1. The number of carbonyl (C=O) groups is 2. The summed E-state index contributed by atoms with van der Waals surface area (Å²) < 4.78 is 1.76. The van der Waals surface area contributed by atoms with Gasteiger partial charge in [-0.15, -0.1) is 0 Å². The van der Waals surface area contributed by atoms with Crippen LogP contribution in [-0.4, -0.2) is 33.1 Å². The molecule has 2 N–H and O–H groups in total. The van der Waals surface area contributed by atoms with Gasteiger partial charge in [0.05, 0.1) is 16.6 Å². The fourth-order valence-corrected chi connectivity index (χ4v) is 2.82. The number of nitrogens with one attached hydrogen (secondary N) is 1. The normalized spacial score (nSPS) is 19.1. The number of aryl methyl sites for hydroxylation is 1. The summed E-state index contributed by atoms with van der Waals surface area (Å²) in [6.07, 6.45) is 1.58. The zero-order chi connectivity index (χ0) is 14.3. The molecule has 20 heavy (non-hydrogen) atoms. The minimum absolute atomic E-state index is 0.0705. The number of carboxylic acid groups (broad SMARTS) is 1. The molecule has 1 saturated heterocycles. The fourth-order valence-electron chi connectivity index (χ4n) is 2.82. The van der Waals surface area contributed by atoms with E-state index in [2.05, 4.69) is 10.3 Å². The number of hydrogen-bond acceptors (Lipinski definition) is 3. The van der Waals surface area contributed by atoms with Crippen LogP contribution in [0.4, 0.5) is 0 Å². The second-order valence-corrected chi connectivity index (χ2v) is 4.96. The van der Waals surface area contributed by atoms with Crippen LogP contribution in [0.2, 0.25) is 0 Å². The molecule has 1 unspecified atom stereocenters. The maximum absolute atomic E-state index is 12.1. The molecular formula is C14H15N3O3. The summed E-state index contributed by atoms with van der Waals surface area (Å²) in [6, 6.07) is 4.60. The molecule has 6 nitrogen and oxygen atoms in total. The van der Waals surface area contributed by atoms with Crippen molar-refractivity contribution in [2.75, 3.05) is 6.54 Å². The SMILES string of the molecule is Cc1nc2cccc(C(=O)O)c2n1C1CCCNC1=O. The van der Waals surface area contributed by atoms with Crippen LogP contribution in [0.15, 0.2) is 18.2 Å². The maximum Gasteiger partial charge on any atom is 0.337 e. The minimum Gasteiger partial charge on any atom is -0.478 e. The number of hydrogen-bond donors (Lipinski definition) is 2. The average Bonchev–Trinajstić information content (AvgIpc) is 2.75. The number of fused-ring (bicyclic) bond motifs is 1. The Morgan fingerprint density at radius 2 is 2.30 bits per heavy atom. The number of imidazole rings is 1. The molecule has 1 aliphatic rings. The lowest BCUT2D eigenvalue weighted by Crippen LogP contribution is -2.38. The van der Waals surface area contributed by atoms with E-state index in [4.69, 9.17) is 0 Å². The van der Waals surface area contributed by atoms with Gasteiger partial charge in [0.15, 0.2) is 0 Å². The van der Waals surface area contributed by atoms with E-state index in [0.29, 0.717) is 29.8 Å². The molecule has 1 aliphatic heterocycles. The van der Waals surface area contributed by atoms with E-state index in [1.807, 2.05) is 0 Å². The first-order valence-electron chi connectivity index (χ1n) is 6.58. The summed E-state index contributed by atoms with van der Waals surface area (Å²) in [5, 5.41) is 12.2. The molecule has 0 bridgehead atoms. The molecule has 0 spiro atoms. The summed E-state index contributed by atoms with van der Waals surface area (Å²) in [7, 11) is 0. The summed E-state index contributed by atoms with van der Waals surface area (Å²) in [6.45, 7) is 2.47. The van der Waals surface area contributed by atoms with Gasteiger partial charge in [-0.3, -0.25) is 4.79 Å². The Morgan fingerprint density at radius 1 is 1.50 bits per heavy atom. The third-order valence-electron chi connectivity index (χ3n) is 3.68. The lowest BCUT2D eigenvalue weighted by atomic mass is 10.1. The smallest absolute Gasteiger partial charge is 0.337 e. The van der Waals surface area contributed by atoms with Crippen molar-refractivity contribution in [2.45, 2.75) is 25.8 Å². The van der Waals surface area contributed by atoms with E-state index in [1.165, 1.54) is 0 Å². The van der Waals surface area contributed by atoms with Crippen molar-refractivity contribution in [2.24, 2.45) is 0 Å². The average molecular weight is 273 g/mol. The number of aromatic nitrogens is 2. The van der Waals surface area contributed by atoms with Gasteiger partial charge in [-0.05, 0) is 31.9 Å². The number of benzene rings is 1. The van der Waals surface area contributed by atoms with E-state index in [-0.39, 0.29) is 17.5 Å². The Hall–Kier alpha value is -2.37. The molecular weight excluding hydrogens is 258 g/mol. The molecule has 1 atom stereocenters. The van der Waals surface area contributed by atoms with Gasteiger partial charge in [-0.1, -0.05) is 6.07 Å². The summed E-state index contributed by atoms with van der Waals surface area (Å²) in [5.41, 5.74) is 1.32. The minimum atomic E-state index is -1.01. The lowest BCUT2D eigenvalue weighted by molar-refractivity contribution is -0.125. The molecule has 0 radical (unpaired) electrons. The van der Waals surface area contributed by atoms with Crippen LogP contribution in [0, 0.1) is 6.92 Å². The zero-order valence-electron chi connectivity index (χ0n) is 11.1. The maximum atomic E-state index is 12.1. The monoisotopic (exact) mass is 273 g/mol. The van der Waals surface area contributed by atoms with E-state index >= 15 is 0 Å². The van der Waals surface area contributed by atoms with Crippen molar-refractivity contribution in [3.63, 3.8) is 0 Å². The molecule has 0 aliphatic carbocycles. The van der Waals surface area contributed by atoms with Crippen LogP contribution in [-0.2, 0) is 4.79 Å². The quantitative estimate of drug-likeness (QED) is 0.868. The van der Waals surface area contributed by atoms with Gasteiger partial charge in [0.1, 0.15) is 11.9 Å². The summed E-state index contributed by atoms with van der Waals surface area (Å²) in [4.78, 5) is 27.8. The van der Waals surface area contributed by atoms with E-state index in [1.54, 1.807) is 29.7 Å². The van der Waals surface area contributed by atoms with Gasteiger partial charge in [0.2, 0.25) is 5.91 Å². The van der Waals surface area contributed by atoms with E-state index < -0.39 is 5.97 Å². The zero-order valence-corrected chi connectivity index (χ0v) is 11.1. The van der Waals surface area contributed by atoms with Crippen molar-refractivity contribution in [1.82, 2.24) is 14.9 Å². The molecule has 1 amide bonds. The van der Waals surface area contributed by atoms with Gasteiger partial charge in [0.25, 0.3) is 0 Å². The third kappa shape index (κ3) is 1.84. The van der Waals surface area contributed by atoms with Gasteiger partial charge in [0, 0.05) is 6.54 Å². The summed E-state index contributed by atoms with van der Waals surface area (Å²) in [5.74, 6) is -0.414. The first-order chi connectivity index (χ1) is 9.59. The number of carbonyl (C=O) groups excluding carboxylic acids is 1. The Balaban J connectivity index is 2.26. The highest BCUT2D eigenvalue weighted by atomic mass is 16.4. The molecule has 6 heteroatoms. The summed E-state index contributed by atoms with van der Waals surface area (Å²) >= 11 is 0. The number of aromatic carboxylic acids is 1. The number of amides is 1. The molecule has 2 heterocycles. The topological polar surface area (TPSA) is 84.2 Å². The number of rotatable bonds is 2. The number of nitrogens with zero attached hydrogens (tertiary/aromatic N) is 2. The highest BCUT2D eigenvalue weighted by Gasteiger charge is 2.28. The van der Waals surface area contributed by atoms with Crippen LogP contribution in [0.5, 0.6) is 0 Å². The molecule has 104 valence electrons. The molecule has 2 aromatic rings. The second kappa shape index (κ2) is 4.63. The van der Waals surface area contributed by atoms with Crippen LogP contribution in [0.3, 0.4) is 0 Å². The highest BCUT2D eigenvalue weighted by molar-refractivity contribution is 6.02. The van der Waals surface area contributed by atoms with Crippen LogP contribution < -0.4 is 5.32 Å². The predicted octanol–water partition coefficient (Wildman–Crippen LogP) is 1.49. The number of piperidine rings is 1. The van der Waals surface area contributed by atoms with Crippen LogP contribution >= 0.6 is 0 Å². The first-order valence-corrected chi connectivity index (χ1v) is 6.58. The largest absolute Gasteiger partial charge is 0.478 e. The van der Waals surface area contributed by atoms with Gasteiger partial charge >= 0.3 is 5.97 Å². The van der Waals surface area contributed by atoms with Crippen molar-refractivity contribution < 1.29 is 14.7 Å². The Bertz CT molecular complexity index is 705. The van der Waals surface area contributed by atoms with Gasteiger partial charge in [-0.25, -0.2) is 9.78 Å². The third-order valence-corrected chi connectivity index (χ3v) is 3.68. The van der Waals surface area contributed by atoms with Gasteiger partial charge < -0.3 is 15.0 Å². The fraction of sp³-hybridized carbons (Fsp3) is 0.357. The van der Waals surface area contributed by atoms with E-state index in [0.717, 1.165) is 6.42 Å². The highest BCUT2D eigenvalue weighted by Crippen LogP contribution is 2.28. The lowest BCUT2D eigenvalue weighted by Gasteiger charge is -2.25. The molecule has 1 aromatic heterocycles. The van der Waals surface area contributed by atoms with Gasteiger partial charge in [-0.2, -0.15) is 0 Å². The standard InChI is InChI=1S/C14H15N3O3/c1-8-16-10-5-2-4-9(14(19)20)12(10)17(8)11-6-3-7-15-13(11)18/h2,4-5,11H,3,6-7H2,1H3,(H,15,18)(H,19,20). The van der Waals surface area contributed by atoms with Crippen molar-refractivity contribution in [1.29, 1.82) is 0 Å². The Labute approximate surface area is 115 Å². The van der Waals surface area contributed by atoms with Crippen LogP contribution in [0.25, 0.3) is 11.0 Å². The van der Waals surface area contributed by atoms with Crippen LogP contribution in [0.1, 0.15) is 35.1 Å². The van der Waals surface area contributed by atoms with Crippen molar-refractivity contribution >= 4 is 22.9 Å². The second-order valence-electron chi connectivity index (χ2n) is 4.96. The van der Waals surface area contributed by atoms with Crippen molar-refractivity contribution in [3.8, 4) is 0 Å². The molecule has 1 aromatic carbocycles. The predicted molar refractivity (Wildman–Crippen MR) is 72.7 cm³/mol. The molecule has 1 fully saturated rings. The van der Waals surface area contributed by atoms with E-state index in [9.17, 15) is 14.7 Å². The number of carboxylic acids is 1. The Kier molecular flexibility index (Phi) is 2.93. The Morgan fingerprint density at radius 3 is 3.00 bits per heavy atom. The first kappa shape index (κ1) is 12.7. The molecule has 0 saturated carbocycles.